The molecule has 1 aliphatic carbocycles. The number of nitro groups is 1. The van der Waals surface area contributed by atoms with E-state index in [0.717, 1.165) is 31.2 Å². The standard InChI is InChI=1S/C19H20N2O4/c1-25-17-7-3-2-6-16(17)20-18(22)19(12-4-5-13-19)14-8-10-15(11-9-14)21(23)24/h2-3,6-11H,4-5,12-13H2,1H3,(H,20,22). The molecule has 2 aromatic carbocycles. The van der Waals surface area contributed by atoms with Gasteiger partial charge in [0.05, 0.1) is 23.1 Å². The van der Waals surface area contributed by atoms with Crippen molar-refractivity contribution in [2.75, 3.05) is 12.4 Å². The van der Waals surface area contributed by atoms with Crippen LogP contribution in [0, 0.1) is 10.1 Å². The van der Waals surface area contributed by atoms with Crippen LogP contribution in [0.2, 0.25) is 0 Å². The minimum absolute atomic E-state index is 0.0297. The van der Waals surface area contributed by atoms with Gasteiger partial charge in [0, 0.05) is 12.1 Å². The van der Waals surface area contributed by atoms with E-state index in [4.69, 9.17) is 4.74 Å². The van der Waals surface area contributed by atoms with Crippen LogP contribution in [0.15, 0.2) is 48.5 Å². The summed E-state index contributed by atoms with van der Waals surface area (Å²) in [6, 6.07) is 13.6. The fourth-order valence-corrected chi connectivity index (χ4v) is 3.52. The van der Waals surface area contributed by atoms with E-state index >= 15 is 0 Å². The quantitative estimate of drug-likeness (QED) is 0.657. The van der Waals surface area contributed by atoms with Crippen LogP contribution < -0.4 is 10.1 Å². The first kappa shape index (κ1) is 17.0. The van der Waals surface area contributed by atoms with E-state index in [1.165, 1.54) is 12.1 Å². The van der Waals surface area contributed by atoms with Crippen molar-refractivity contribution in [1.82, 2.24) is 0 Å². The van der Waals surface area contributed by atoms with Crippen molar-refractivity contribution in [3.8, 4) is 5.75 Å². The maximum Gasteiger partial charge on any atom is 0.269 e. The number of amides is 1. The highest BCUT2D eigenvalue weighted by molar-refractivity contribution is 6.00. The number of nitrogens with zero attached hydrogens (tertiary/aromatic N) is 1. The number of carbonyl (C=O) groups is 1. The summed E-state index contributed by atoms with van der Waals surface area (Å²) in [6.07, 6.45) is 3.37. The largest absolute Gasteiger partial charge is 0.495 e. The number of nitro benzene ring substituents is 1. The predicted octanol–water partition coefficient (Wildman–Crippen LogP) is 4.05. The number of non-ortho nitro benzene ring substituents is 1. The van der Waals surface area contributed by atoms with Gasteiger partial charge >= 0.3 is 0 Å². The maximum atomic E-state index is 13.1. The van der Waals surface area contributed by atoms with Gasteiger partial charge in [0.15, 0.2) is 0 Å². The first-order valence-corrected chi connectivity index (χ1v) is 8.26. The number of rotatable bonds is 5. The average molecular weight is 340 g/mol. The molecule has 2 aromatic rings. The number of ether oxygens (including phenoxy) is 1. The monoisotopic (exact) mass is 340 g/mol. The second-order valence-electron chi connectivity index (χ2n) is 6.25. The summed E-state index contributed by atoms with van der Waals surface area (Å²) < 4.78 is 5.30. The molecule has 25 heavy (non-hydrogen) atoms. The molecule has 1 saturated carbocycles. The molecular formula is C19H20N2O4. The number of nitrogens with one attached hydrogen (secondary N) is 1. The molecule has 6 nitrogen and oxygen atoms in total. The Kier molecular flexibility index (Phi) is 4.70. The summed E-state index contributed by atoms with van der Waals surface area (Å²) in [5, 5.41) is 13.9. The SMILES string of the molecule is COc1ccccc1NC(=O)C1(c2ccc([N+](=O)[O-])cc2)CCCC1. The smallest absolute Gasteiger partial charge is 0.269 e. The Morgan fingerprint density at radius 1 is 1.12 bits per heavy atom. The Morgan fingerprint density at radius 3 is 2.36 bits per heavy atom. The zero-order chi connectivity index (χ0) is 17.9. The summed E-state index contributed by atoms with van der Waals surface area (Å²) in [7, 11) is 1.56. The van der Waals surface area contributed by atoms with Crippen LogP contribution in [-0.4, -0.2) is 17.9 Å². The Morgan fingerprint density at radius 2 is 1.76 bits per heavy atom. The highest BCUT2D eigenvalue weighted by atomic mass is 16.6. The van der Waals surface area contributed by atoms with Crippen molar-refractivity contribution in [2.24, 2.45) is 0 Å². The van der Waals surface area contributed by atoms with Gasteiger partial charge in [-0.1, -0.05) is 37.1 Å². The second-order valence-corrected chi connectivity index (χ2v) is 6.25. The normalized spacial score (nSPS) is 15.6. The molecular weight excluding hydrogens is 320 g/mol. The fraction of sp³-hybridized carbons (Fsp3) is 0.316. The van der Waals surface area contributed by atoms with Gasteiger partial charge in [-0.15, -0.1) is 0 Å². The van der Waals surface area contributed by atoms with E-state index in [2.05, 4.69) is 5.32 Å². The molecule has 1 aliphatic rings. The van der Waals surface area contributed by atoms with Gasteiger partial charge in [0.25, 0.3) is 5.69 Å². The molecule has 6 heteroatoms. The zero-order valence-electron chi connectivity index (χ0n) is 14.0. The Labute approximate surface area is 146 Å². The van der Waals surface area contributed by atoms with Crippen molar-refractivity contribution >= 4 is 17.3 Å². The number of para-hydroxylation sites is 2. The Balaban J connectivity index is 1.92. The van der Waals surface area contributed by atoms with Crippen molar-refractivity contribution in [3.63, 3.8) is 0 Å². The molecule has 1 N–H and O–H groups in total. The summed E-state index contributed by atoms with van der Waals surface area (Å²) >= 11 is 0. The second kappa shape index (κ2) is 6.93. The van der Waals surface area contributed by atoms with Crippen molar-refractivity contribution in [1.29, 1.82) is 0 Å². The lowest BCUT2D eigenvalue weighted by atomic mass is 9.78. The van der Waals surface area contributed by atoms with Crippen LogP contribution in [0.4, 0.5) is 11.4 Å². The summed E-state index contributed by atoms with van der Waals surface area (Å²) in [5.41, 5.74) is 0.823. The molecule has 0 saturated heterocycles. The van der Waals surface area contributed by atoms with Crippen LogP contribution in [0.3, 0.4) is 0 Å². The molecule has 1 amide bonds. The van der Waals surface area contributed by atoms with Crippen LogP contribution in [0.5, 0.6) is 5.75 Å². The van der Waals surface area contributed by atoms with Gasteiger partial charge < -0.3 is 10.1 Å². The highest BCUT2D eigenvalue weighted by Gasteiger charge is 2.43. The fourth-order valence-electron chi connectivity index (χ4n) is 3.52. The predicted molar refractivity (Wildman–Crippen MR) is 94.9 cm³/mol. The van der Waals surface area contributed by atoms with Crippen LogP contribution >= 0.6 is 0 Å². The number of carbonyl (C=O) groups excluding carboxylic acids is 1. The molecule has 0 unspecified atom stereocenters. The number of hydrogen-bond acceptors (Lipinski definition) is 4. The zero-order valence-corrected chi connectivity index (χ0v) is 14.0. The average Bonchev–Trinajstić information content (AvgIpc) is 3.13. The van der Waals surface area contributed by atoms with Gasteiger partial charge in [-0.05, 0) is 30.5 Å². The van der Waals surface area contributed by atoms with Crippen LogP contribution in [0.25, 0.3) is 0 Å². The van der Waals surface area contributed by atoms with Crippen molar-refractivity contribution in [2.45, 2.75) is 31.1 Å². The highest BCUT2D eigenvalue weighted by Crippen LogP contribution is 2.43. The van der Waals surface area contributed by atoms with Crippen LogP contribution in [0.1, 0.15) is 31.2 Å². The molecule has 0 heterocycles. The van der Waals surface area contributed by atoms with Crippen LogP contribution in [-0.2, 0) is 10.2 Å². The van der Waals surface area contributed by atoms with Crippen molar-refractivity contribution < 1.29 is 14.5 Å². The van der Waals surface area contributed by atoms with E-state index in [9.17, 15) is 14.9 Å². The molecule has 130 valence electrons. The minimum atomic E-state index is -0.657. The topological polar surface area (TPSA) is 81.5 Å². The van der Waals surface area contributed by atoms with Gasteiger partial charge in [0.1, 0.15) is 5.75 Å². The first-order valence-electron chi connectivity index (χ1n) is 8.26. The number of methoxy groups -OCH3 is 1. The number of benzene rings is 2. The summed E-state index contributed by atoms with van der Waals surface area (Å²) in [5.74, 6) is 0.510. The third-order valence-corrected chi connectivity index (χ3v) is 4.88. The molecule has 0 spiro atoms. The lowest BCUT2D eigenvalue weighted by Crippen LogP contribution is -2.38. The molecule has 0 aromatic heterocycles. The molecule has 0 bridgehead atoms. The molecule has 0 atom stereocenters. The molecule has 1 fully saturated rings. The lowest BCUT2D eigenvalue weighted by Gasteiger charge is -2.28. The van der Waals surface area contributed by atoms with E-state index < -0.39 is 10.3 Å². The number of hydrogen-bond donors (Lipinski definition) is 1. The van der Waals surface area contributed by atoms with Gasteiger partial charge in [-0.25, -0.2) is 0 Å². The van der Waals surface area contributed by atoms with E-state index in [1.54, 1.807) is 31.4 Å². The van der Waals surface area contributed by atoms with E-state index in [0.29, 0.717) is 11.4 Å². The van der Waals surface area contributed by atoms with Gasteiger partial charge in [-0.3, -0.25) is 14.9 Å². The van der Waals surface area contributed by atoms with Crippen molar-refractivity contribution in [3.05, 3.63) is 64.2 Å². The summed E-state index contributed by atoms with van der Waals surface area (Å²) in [6.45, 7) is 0. The van der Waals surface area contributed by atoms with E-state index in [-0.39, 0.29) is 11.6 Å². The van der Waals surface area contributed by atoms with Gasteiger partial charge in [0.2, 0.25) is 5.91 Å². The molecule has 0 radical (unpaired) electrons. The maximum absolute atomic E-state index is 13.1. The Bertz CT molecular complexity index is 780. The first-order chi connectivity index (χ1) is 12.1. The lowest BCUT2D eigenvalue weighted by molar-refractivity contribution is -0.384. The number of anilines is 1. The summed E-state index contributed by atoms with van der Waals surface area (Å²) in [4.78, 5) is 23.6. The molecule has 3 rings (SSSR count). The third kappa shape index (κ3) is 3.20. The Hall–Kier alpha value is -2.89. The third-order valence-electron chi connectivity index (χ3n) is 4.88. The van der Waals surface area contributed by atoms with E-state index in [1.807, 2.05) is 12.1 Å². The molecule has 0 aliphatic heterocycles. The minimum Gasteiger partial charge on any atom is -0.495 e. The van der Waals surface area contributed by atoms with Gasteiger partial charge in [-0.2, -0.15) is 0 Å².